The Hall–Kier alpha value is -2.49. The molecule has 0 aliphatic rings. The highest BCUT2D eigenvalue weighted by molar-refractivity contribution is 5.91. The molecule has 0 radical (unpaired) electrons. The summed E-state index contributed by atoms with van der Waals surface area (Å²) < 4.78 is 0. The van der Waals surface area contributed by atoms with Gasteiger partial charge in [-0.15, -0.1) is 0 Å². The minimum atomic E-state index is -0.0667. The Bertz CT molecular complexity index is 831. The zero-order chi connectivity index (χ0) is 14.1. The van der Waals surface area contributed by atoms with Crippen LogP contribution in [-0.4, -0.2) is 15.0 Å². The van der Waals surface area contributed by atoms with E-state index in [0.717, 1.165) is 27.7 Å². The van der Waals surface area contributed by atoms with Crippen LogP contribution in [-0.2, 0) is 6.42 Å². The van der Waals surface area contributed by atoms with Gasteiger partial charge < -0.3 is 4.98 Å². The lowest BCUT2D eigenvalue weighted by atomic mass is 10.1. The van der Waals surface area contributed by atoms with Crippen molar-refractivity contribution >= 4 is 10.9 Å². The van der Waals surface area contributed by atoms with Gasteiger partial charge in [-0.3, -0.25) is 9.78 Å². The lowest BCUT2D eigenvalue weighted by Crippen LogP contribution is -2.16. The van der Waals surface area contributed by atoms with Gasteiger partial charge in [0.25, 0.3) is 5.56 Å². The maximum Gasteiger partial charge on any atom is 0.254 e. The normalized spacial score (nSPS) is 10.9. The van der Waals surface area contributed by atoms with Crippen molar-refractivity contribution in [1.82, 2.24) is 15.0 Å². The van der Waals surface area contributed by atoms with E-state index in [1.807, 2.05) is 44.2 Å². The van der Waals surface area contributed by atoms with E-state index in [2.05, 4.69) is 15.0 Å². The van der Waals surface area contributed by atoms with Crippen LogP contribution in [0.4, 0.5) is 0 Å². The smallest absolute Gasteiger partial charge is 0.254 e. The van der Waals surface area contributed by atoms with Gasteiger partial charge in [-0.25, -0.2) is 4.98 Å². The Morgan fingerprint density at radius 1 is 1.20 bits per heavy atom. The van der Waals surface area contributed by atoms with Gasteiger partial charge in [-0.2, -0.15) is 0 Å². The van der Waals surface area contributed by atoms with E-state index in [4.69, 9.17) is 0 Å². The quantitative estimate of drug-likeness (QED) is 0.775. The van der Waals surface area contributed by atoms with E-state index in [1.165, 1.54) is 0 Å². The molecule has 0 bridgehead atoms. The van der Waals surface area contributed by atoms with E-state index in [-0.39, 0.29) is 5.56 Å². The van der Waals surface area contributed by atoms with E-state index in [0.29, 0.717) is 12.2 Å². The molecule has 3 aromatic rings. The number of nitrogens with zero attached hydrogens (tertiary/aromatic N) is 2. The second kappa shape index (κ2) is 4.89. The van der Waals surface area contributed by atoms with Crippen LogP contribution in [0.5, 0.6) is 0 Å². The summed E-state index contributed by atoms with van der Waals surface area (Å²) in [6.45, 7) is 3.83. The Kier molecular flexibility index (Phi) is 3.06. The fourth-order valence-corrected chi connectivity index (χ4v) is 2.45. The second-order valence-electron chi connectivity index (χ2n) is 4.71. The molecule has 0 atom stereocenters. The Balaban J connectivity index is 2.29. The van der Waals surface area contributed by atoms with Crippen LogP contribution >= 0.6 is 0 Å². The number of hydrogen-bond donors (Lipinski definition) is 1. The average Bonchev–Trinajstić information content (AvgIpc) is 2.46. The fourth-order valence-electron chi connectivity index (χ4n) is 2.45. The van der Waals surface area contributed by atoms with Gasteiger partial charge in [0, 0.05) is 28.4 Å². The first kappa shape index (κ1) is 12.5. The van der Waals surface area contributed by atoms with E-state index in [1.54, 1.807) is 6.20 Å². The molecular weight excluding hydrogens is 250 g/mol. The molecule has 20 heavy (non-hydrogen) atoms. The summed E-state index contributed by atoms with van der Waals surface area (Å²) in [5, 5.41) is 1.03. The van der Waals surface area contributed by atoms with E-state index < -0.39 is 0 Å². The topological polar surface area (TPSA) is 58.6 Å². The van der Waals surface area contributed by atoms with Crippen molar-refractivity contribution in [3.05, 3.63) is 58.1 Å². The Morgan fingerprint density at radius 2 is 2.00 bits per heavy atom. The van der Waals surface area contributed by atoms with Crippen molar-refractivity contribution in [2.24, 2.45) is 0 Å². The van der Waals surface area contributed by atoms with Gasteiger partial charge >= 0.3 is 0 Å². The third-order valence-electron chi connectivity index (χ3n) is 3.46. The van der Waals surface area contributed by atoms with Crippen molar-refractivity contribution in [2.45, 2.75) is 20.3 Å². The molecule has 0 unspecified atom stereocenters. The fraction of sp³-hybridized carbons (Fsp3) is 0.188. The van der Waals surface area contributed by atoms with Crippen molar-refractivity contribution in [2.75, 3.05) is 0 Å². The van der Waals surface area contributed by atoms with Crippen molar-refractivity contribution in [3.63, 3.8) is 0 Å². The van der Waals surface area contributed by atoms with Gasteiger partial charge in [-0.1, -0.05) is 25.1 Å². The summed E-state index contributed by atoms with van der Waals surface area (Å²) in [6, 6.07) is 9.77. The molecule has 0 aliphatic heterocycles. The number of pyridine rings is 1. The number of fused-ring (bicyclic) bond motifs is 1. The molecule has 1 aromatic carbocycles. The van der Waals surface area contributed by atoms with Gasteiger partial charge in [0.15, 0.2) is 0 Å². The van der Waals surface area contributed by atoms with E-state index >= 15 is 0 Å². The lowest BCUT2D eigenvalue weighted by Gasteiger charge is -2.07. The molecule has 0 saturated heterocycles. The number of aromatic amines is 1. The molecule has 0 amide bonds. The highest BCUT2D eigenvalue weighted by Crippen LogP contribution is 2.23. The zero-order valence-electron chi connectivity index (χ0n) is 11.5. The number of hydrogen-bond acceptors (Lipinski definition) is 3. The zero-order valence-corrected chi connectivity index (χ0v) is 11.5. The number of benzene rings is 1. The van der Waals surface area contributed by atoms with Crippen molar-refractivity contribution in [3.8, 4) is 11.4 Å². The molecule has 100 valence electrons. The summed E-state index contributed by atoms with van der Waals surface area (Å²) in [5.74, 6) is 0.578. The minimum Gasteiger partial charge on any atom is -0.306 e. The first-order valence-corrected chi connectivity index (χ1v) is 6.64. The van der Waals surface area contributed by atoms with Crippen LogP contribution in [0.25, 0.3) is 22.3 Å². The lowest BCUT2D eigenvalue weighted by molar-refractivity contribution is 0.968. The highest BCUT2D eigenvalue weighted by Gasteiger charge is 2.10. The van der Waals surface area contributed by atoms with Crippen LogP contribution in [0.3, 0.4) is 0 Å². The third-order valence-corrected chi connectivity index (χ3v) is 3.46. The predicted molar refractivity (Wildman–Crippen MR) is 79.7 cm³/mol. The van der Waals surface area contributed by atoms with Crippen LogP contribution in [0.2, 0.25) is 0 Å². The van der Waals surface area contributed by atoms with Crippen molar-refractivity contribution < 1.29 is 0 Å². The van der Waals surface area contributed by atoms with Gasteiger partial charge in [0.1, 0.15) is 5.82 Å². The Morgan fingerprint density at radius 3 is 2.75 bits per heavy atom. The van der Waals surface area contributed by atoms with Gasteiger partial charge in [0.05, 0.1) is 5.52 Å². The largest absolute Gasteiger partial charge is 0.306 e. The molecule has 0 aliphatic carbocycles. The molecule has 0 saturated carbocycles. The average molecular weight is 265 g/mol. The molecule has 0 fully saturated rings. The minimum absolute atomic E-state index is 0.0667. The summed E-state index contributed by atoms with van der Waals surface area (Å²) >= 11 is 0. The number of para-hydroxylation sites is 1. The van der Waals surface area contributed by atoms with Crippen molar-refractivity contribution in [1.29, 1.82) is 0 Å². The summed E-state index contributed by atoms with van der Waals surface area (Å²) in [5.41, 5.74) is 3.15. The van der Waals surface area contributed by atoms with E-state index in [9.17, 15) is 4.79 Å². The standard InChI is InChI=1S/C16H15N3O/c1-3-12-10(2)18-15(19-16(12)20)13-8-4-6-11-7-5-9-17-14(11)13/h4-9H,3H2,1-2H3,(H,18,19,20). The van der Waals surface area contributed by atoms with Gasteiger partial charge in [-0.05, 0) is 25.5 Å². The van der Waals surface area contributed by atoms with Gasteiger partial charge in [0.2, 0.25) is 0 Å². The number of nitrogens with one attached hydrogen (secondary N) is 1. The van der Waals surface area contributed by atoms with Crippen LogP contribution in [0, 0.1) is 6.92 Å². The SMILES string of the molecule is CCc1c(C)nc(-c2cccc3cccnc23)[nH]c1=O. The molecule has 4 heteroatoms. The number of aryl methyl sites for hydroxylation is 1. The summed E-state index contributed by atoms with van der Waals surface area (Å²) in [7, 11) is 0. The summed E-state index contributed by atoms with van der Waals surface area (Å²) in [6.07, 6.45) is 2.43. The monoisotopic (exact) mass is 265 g/mol. The summed E-state index contributed by atoms with van der Waals surface area (Å²) in [4.78, 5) is 23.9. The first-order chi connectivity index (χ1) is 9.70. The molecular formula is C16H15N3O. The molecule has 2 heterocycles. The molecule has 1 N–H and O–H groups in total. The first-order valence-electron chi connectivity index (χ1n) is 6.64. The van der Waals surface area contributed by atoms with Crippen LogP contribution in [0.1, 0.15) is 18.2 Å². The number of rotatable bonds is 2. The third kappa shape index (κ3) is 1.99. The molecule has 3 rings (SSSR count). The maximum absolute atomic E-state index is 12.1. The number of aromatic nitrogens is 3. The Labute approximate surface area is 116 Å². The van der Waals surface area contributed by atoms with Crippen LogP contribution < -0.4 is 5.56 Å². The molecule has 2 aromatic heterocycles. The molecule has 4 nitrogen and oxygen atoms in total. The number of H-pyrrole nitrogens is 1. The highest BCUT2D eigenvalue weighted by atomic mass is 16.1. The predicted octanol–water partition coefficient (Wildman–Crippen LogP) is 2.86. The van der Waals surface area contributed by atoms with Crippen LogP contribution in [0.15, 0.2) is 41.3 Å². The second-order valence-corrected chi connectivity index (χ2v) is 4.71. The molecule has 0 spiro atoms. The maximum atomic E-state index is 12.1.